The van der Waals surface area contributed by atoms with E-state index in [0.717, 1.165) is 24.6 Å². The van der Waals surface area contributed by atoms with Crippen molar-refractivity contribution in [1.82, 2.24) is 0 Å². The summed E-state index contributed by atoms with van der Waals surface area (Å²) in [4.78, 5) is 0. The fourth-order valence-electron chi connectivity index (χ4n) is 11.5. The number of hydrogen-bond donors (Lipinski definition) is 0. The fraction of sp³-hybridized carbons (Fsp3) is 0.417. The molecule has 0 aromatic heterocycles. The van der Waals surface area contributed by atoms with Gasteiger partial charge in [-0.3, -0.25) is 0 Å². The van der Waals surface area contributed by atoms with Crippen LogP contribution in [-0.4, -0.2) is 20.3 Å². The molecule has 0 heterocycles. The summed E-state index contributed by atoms with van der Waals surface area (Å²) >= 11 is 7.48. The van der Waals surface area contributed by atoms with Gasteiger partial charge in [0.15, 0.2) is 0 Å². The molecule has 0 spiro atoms. The van der Waals surface area contributed by atoms with E-state index in [9.17, 15) is 0 Å². The quantitative estimate of drug-likeness (QED) is 0.0527. The molecule has 0 amide bonds. The number of benzene rings is 7. The summed E-state index contributed by atoms with van der Waals surface area (Å²) in [7, 11) is 0. The van der Waals surface area contributed by atoms with Crippen LogP contribution in [0.5, 0.6) is 0 Å². The number of halogens is 1. The van der Waals surface area contributed by atoms with Crippen molar-refractivity contribution in [1.29, 1.82) is 0 Å². The van der Waals surface area contributed by atoms with Gasteiger partial charge >= 0.3 is 465 Å². The molecule has 0 saturated heterocycles. The Balaban J connectivity index is 1.65. The second-order valence-corrected chi connectivity index (χ2v) is 26.6. The molecule has 7 aromatic carbocycles. The van der Waals surface area contributed by atoms with Crippen LogP contribution in [0.3, 0.4) is 0 Å². The Hall–Kier alpha value is -4.65. The number of rotatable bonds is 20. The van der Waals surface area contributed by atoms with E-state index in [-0.39, 0.29) is 20.3 Å². The van der Waals surface area contributed by atoms with Crippen molar-refractivity contribution in [2.75, 3.05) is 0 Å². The second kappa shape index (κ2) is 25.0. The zero-order valence-electron chi connectivity index (χ0n) is 48.4. The van der Waals surface area contributed by atoms with Crippen molar-refractivity contribution < 1.29 is 0 Å². The Labute approximate surface area is 461 Å². The Morgan fingerprint density at radius 3 is 0.797 bits per heavy atom. The Kier molecular flexibility index (Phi) is 19.3. The molecule has 0 nitrogen and oxygen atoms in total. The molecule has 1 atom stereocenters. The normalized spacial score (nSPS) is 12.6. The predicted octanol–water partition coefficient (Wildman–Crippen LogP) is 22.2. The molecule has 2 heteroatoms. The molecule has 0 saturated carbocycles. The Morgan fingerprint density at radius 1 is 0.338 bits per heavy atom. The van der Waals surface area contributed by atoms with Gasteiger partial charge in [-0.2, -0.15) is 0 Å². The van der Waals surface area contributed by atoms with Gasteiger partial charge in [0, 0.05) is 0 Å². The van der Waals surface area contributed by atoms with Gasteiger partial charge in [-0.15, -0.1) is 0 Å². The van der Waals surface area contributed by atoms with E-state index in [1.807, 2.05) is 0 Å². The van der Waals surface area contributed by atoms with E-state index in [0.29, 0.717) is 47.3 Å². The minimum atomic E-state index is 0.0636. The first kappa shape index (κ1) is 57.1. The molecule has 0 radical (unpaired) electrons. The van der Waals surface area contributed by atoms with Gasteiger partial charge in [0.2, 0.25) is 0 Å². The van der Waals surface area contributed by atoms with Gasteiger partial charge in [0.25, 0.3) is 0 Å². The number of unbranched alkanes of at least 4 members (excludes halogenated alkanes) is 1. The van der Waals surface area contributed by atoms with E-state index in [1.165, 1.54) is 116 Å². The van der Waals surface area contributed by atoms with Crippen molar-refractivity contribution in [3.63, 3.8) is 0 Å². The summed E-state index contributed by atoms with van der Waals surface area (Å²) in [5, 5.41) is 1.09. The van der Waals surface area contributed by atoms with Crippen molar-refractivity contribution in [3.8, 4) is 66.8 Å². The molecule has 0 aliphatic carbocycles. The van der Waals surface area contributed by atoms with E-state index >= 15 is 0 Å². The molecule has 0 fully saturated rings. The minimum absolute atomic E-state index is 0.0636. The molecule has 0 N–H and O–H groups in total. The summed E-state index contributed by atoms with van der Waals surface area (Å²) in [6.07, 6.45) is 3.35. The Morgan fingerprint density at radius 2 is 0.568 bits per heavy atom. The van der Waals surface area contributed by atoms with Crippen LogP contribution in [0.15, 0.2) is 127 Å². The molecule has 0 aliphatic rings. The predicted molar refractivity (Wildman–Crippen MR) is 331 cm³/mol. The van der Waals surface area contributed by atoms with Crippen LogP contribution in [-0.2, 0) is 0 Å². The molecule has 74 heavy (non-hydrogen) atoms. The van der Waals surface area contributed by atoms with Crippen LogP contribution >= 0.6 is 11.6 Å². The third-order valence-electron chi connectivity index (χ3n) is 15.4. The third-order valence-corrected chi connectivity index (χ3v) is 18.9. The van der Waals surface area contributed by atoms with Gasteiger partial charge in [-0.25, -0.2) is 0 Å². The first-order valence-electron chi connectivity index (χ1n) is 28.5. The van der Waals surface area contributed by atoms with Crippen molar-refractivity contribution in [3.05, 3.63) is 172 Å². The van der Waals surface area contributed by atoms with Gasteiger partial charge in [-0.05, 0) is 0 Å². The molecule has 0 aliphatic heterocycles. The van der Waals surface area contributed by atoms with Gasteiger partial charge in [0.1, 0.15) is 0 Å². The van der Waals surface area contributed by atoms with Crippen molar-refractivity contribution >= 4 is 31.0 Å². The summed E-state index contributed by atoms with van der Waals surface area (Å²) in [6, 6.07) is 50.7. The third kappa shape index (κ3) is 12.4. The molecule has 390 valence electrons. The number of alkyl halides is 1. The van der Waals surface area contributed by atoms with Crippen molar-refractivity contribution in [2.45, 2.75) is 195 Å². The second-order valence-electron chi connectivity index (χ2n) is 23.8. The van der Waals surface area contributed by atoms with Gasteiger partial charge in [-0.1, -0.05) is 0 Å². The van der Waals surface area contributed by atoms with Gasteiger partial charge < -0.3 is 0 Å². The first-order chi connectivity index (χ1) is 35.2. The van der Waals surface area contributed by atoms with E-state index in [1.54, 1.807) is 0 Å². The van der Waals surface area contributed by atoms with E-state index in [4.69, 9.17) is 11.6 Å². The van der Waals surface area contributed by atoms with Crippen LogP contribution in [0.25, 0.3) is 66.8 Å². The SMILES string of the molecule is CCCCC(Cl)C[Se]c1c(-c2cc(-c3c(C(C)C)cccc3C(C)C)cc(-c3c(C(C)C)cccc3C(C)C)c2)cccc1-c1cc(-c2c(C(C)C)cccc2C(C)C)cc(-c2c(C(C)C)cccc2C(C)C)c1. The molecule has 0 bridgehead atoms. The summed E-state index contributed by atoms with van der Waals surface area (Å²) < 4.78 is 1.44. The fourth-order valence-corrected chi connectivity index (χ4v) is 14.5. The zero-order valence-corrected chi connectivity index (χ0v) is 50.9. The standard InChI is InChI=1S/C72H89ClSe/c1-18-19-25-57(73)42-74-72-66(51-36-53(68-58(43(2)3)26-20-27-59(68)44(4)5)40-54(37-51)69-60(45(6)7)28-21-29-61(69)46(8)9)34-24-35-67(72)52-38-55(70-62(47(10)11)30-22-31-63(70)48(12)13)41-56(39-52)71-64(49(14)15)32-23-33-65(71)50(16)17/h20-24,26-41,43-50,57H,18-19,25,42H2,1-17H3. The van der Waals surface area contributed by atoms with Crippen LogP contribution in [0.1, 0.15) is 229 Å². The van der Waals surface area contributed by atoms with Crippen molar-refractivity contribution in [2.24, 2.45) is 0 Å². The van der Waals surface area contributed by atoms with E-state index < -0.39 is 0 Å². The molecule has 7 aromatic rings. The molecular weight excluding hydrogens is 979 g/mol. The van der Waals surface area contributed by atoms with Crippen LogP contribution in [0.2, 0.25) is 5.32 Å². The van der Waals surface area contributed by atoms with Gasteiger partial charge in [0.05, 0.1) is 0 Å². The first-order valence-corrected chi connectivity index (χ1v) is 31.0. The van der Waals surface area contributed by atoms with Crippen LogP contribution in [0, 0.1) is 0 Å². The monoisotopic (exact) mass is 1070 g/mol. The summed E-state index contributed by atoms with van der Waals surface area (Å²) in [5.74, 6) is 2.94. The molecule has 7 rings (SSSR count). The molecule has 1 unspecified atom stereocenters. The van der Waals surface area contributed by atoms with E-state index in [2.05, 4.69) is 245 Å². The molecular formula is C72H89ClSe. The average molecular weight is 1070 g/mol. The summed E-state index contributed by atoms with van der Waals surface area (Å²) in [6.45, 7) is 40.1. The topological polar surface area (TPSA) is 0 Å². The van der Waals surface area contributed by atoms with Crippen LogP contribution in [0.4, 0.5) is 0 Å². The van der Waals surface area contributed by atoms with Crippen LogP contribution < -0.4 is 4.46 Å². The maximum atomic E-state index is 7.42. The summed E-state index contributed by atoms with van der Waals surface area (Å²) in [5.41, 5.74) is 27.3. The number of hydrogen-bond acceptors (Lipinski definition) is 0. The maximum absolute atomic E-state index is 7.42. The zero-order chi connectivity index (χ0) is 53.7. The Bertz CT molecular complexity index is 2570. The average Bonchev–Trinajstić information content (AvgIpc) is 3.37.